The van der Waals surface area contributed by atoms with Gasteiger partial charge in [-0.3, -0.25) is 9.78 Å². The first-order valence-corrected chi connectivity index (χ1v) is 13.4. The molecule has 1 aromatic heterocycles. The van der Waals surface area contributed by atoms with Crippen molar-refractivity contribution in [1.29, 1.82) is 0 Å². The zero-order chi connectivity index (χ0) is 24.9. The minimum atomic E-state index is -0.346. The maximum Gasteiger partial charge on any atom is 0.252 e. The van der Waals surface area contributed by atoms with Crippen LogP contribution in [0.3, 0.4) is 0 Å². The van der Waals surface area contributed by atoms with Crippen molar-refractivity contribution in [2.24, 2.45) is 5.92 Å². The molecule has 0 radical (unpaired) electrons. The van der Waals surface area contributed by atoms with Gasteiger partial charge in [0.25, 0.3) is 5.91 Å². The van der Waals surface area contributed by atoms with Gasteiger partial charge in [0.05, 0.1) is 16.1 Å². The first kappa shape index (κ1) is 25.0. The predicted octanol–water partition coefficient (Wildman–Crippen LogP) is 6.25. The molecule has 2 fully saturated rings. The summed E-state index contributed by atoms with van der Waals surface area (Å²) in [7, 11) is 0. The molecule has 0 bridgehead atoms. The molecule has 36 heavy (non-hydrogen) atoms. The number of fused-ring (bicyclic) bond motifs is 1. The average Bonchev–Trinajstić information content (AvgIpc) is 2.90. The number of hydrogen-bond donors (Lipinski definition) is 1. The number of nitrogens with zero attached hydrogens (tertiary/aromatic N) is 2. The Hall–Kier alpha value is -2.70. The third-order valence-corrected chi connectivity index (χ3v) is 7.95. The van der Waals surface area contributed by atoms with Crippen LogP contribution in [0.15, 0.2) is 54.7 Å². The Morgan fingerprint density at radius 1 is 1.06 bits per heavy atom. The fraction of sp³-hybridized carbons (Fsp3) is 0.448. The molecular formula is C29H33ClFN3O2. The van der Waals surface area contributed by atoms with Gasteiger partial charge in [0.2, 0.25) is 0 Å². The number of carbonyl (C=O) groups excluding carboxylic acids is 1. The van der Waals surface area contributed by atoms with E-state index in [9.17, 15) is 9.18 Å². The molecule has 2 heterocycles. The fourth-order valence-corrected chi connectivity index (χ4v) is 5.73. The number of hydrogen-bond acceptors (Lipinski definition) is 4. The van der Waals surface area contributed by atoms with Crippen LogP contribution in [-0.4, -0.2) is 47.6 Å². The Bertz CT molecular complexity index is 1180. The van der Waals surface area contributed by atoms with Gasteiger partial charge in [0.15, 0.2) is 0 Å². The lowest BCUT2D eigenvalue weighted by Gasteiger charge is -2.34. The Morgan fingerprint density at radius 2 is 1.83 bits per heavy atom. The molecule has 1 aliphatic carbocycles. The van der Waals surface area contributed by atoms with Crippen molar-refractivity contribution in [1.82, 2.24) is 15.2 Å². The normalized spacial score (nSPS) is 21.4. The molecule has 5 rings (SSSR count). The third kappa shape index (κ3) is 6.16. The summed E-state index contributed by atoms with van der Waals surface area (Å²) in [4.78, 5) is 19.8. The molecule has 5 nitrogen and oxygen atoms in total. The smallest absolute Gasteiger partial charge is 0.252 e. The Balaban J connectivity index is 1.02. The number of likely N-dealkylation sites (tertiary alicyclic amines) is 1. The summed E-state index contributed by atoms with van der Waals surface area (Å²) in [5.74, 6) is 0.939. The Morgan fingerprint density at radius 3 is 2.61 bits per heavy atom. The quantitative estimate of drug-likeness (QED) is 0.409. The van der Waals surface area contributed by atoms with E-state index in [2.05, 4.69) is 15.2 Å². The van der Waals surface area contributed by atoms with Gasteiger partial charge in [-0.25, -0.2) is 4.39 Å². The van der Waals surface area contributed by atoms with Crippen LogP contribution >= 0.6 is 11.6 Å². The van der Waals surface area contributed by atoms with E-state index in [0.717, 1.165) is 69.1 Å². The SMILES string of the molecule is O=C(N[C@H]1CC[C@H](CCN2CCC(Oc3ccc(F)cc3Cl)CC2)CC1)c1ccnc2ccccc12. The summed E-state index contributed by atoms with van der Waals surface area (Å²) in [5.41, 5.74) is 1.56. The lowest BCUT2D eigenvalue weighted by molar-refractivity contribution is 0.0899. The maximum atomic E-state index is 13.2. The van der Waals surface area contributed by atoms with Crippen molar-refractivity contribution in [3.63, 3.8) is 0 Å². The van der Waals surface area contributed by atoms with Crippen LogP contribution in [0.1, 0.15) is 55.3 Å². The zero-order valence-corrected chi connectivity index (χ0v) is 21.2. The monoisotopic (exact) mass is 509 g/mol. The van der Waals surface area contributed by atoms with E-state index < -0.39 is 0 Å². The molecule has 1 aliphatic heterocycles. The highest BCUT2D eigenvalue weighted by molar-refractivity contribution is 6.32. The van der Waals surface area contributed by atoms with Crippen molar-refractivity contribution < 1.29 is 13.9 Å². The number of rotatable bonds is 7. The standard InChI is InChI=1S/C29H33ClFN3O2/c30-26-19-21(31)7-10-28(26)36-23-13-17-34(18-14-23)16-12-20-5-8-22(9-6-20)33-29(35)25-11-15-32-27-4-2-1-3-24(25)27/h1-4,7,10-11,15,19-20,22-23H,5-6,8-9,12-14,16-18H2,(H,33,35)/t20-,22-. The molecule has 2 aromatic carbocycles. The van der Waals surface area contributed by atoms with Crippen LogP contribution in [0.4, 0.5) is 4.39 Å². The highest BCUT2D eigenvalue weighted by Gasteiger charge is 2.26. The Labute approximate surface area is 217 Å². The highest BCUT2D eigenvalue weighted by Crippen LogP contribution is 2.30. The van der Waals surface area contributed by atoms with Gasteiger partial charge in [-0.15, -0.1) is 0 Å². The van der Waals surface area contributed by atoms with Gasteiger partial charge in [-0.2, -0.15) is 0 Å². The van der Waals surface area contributed by atoms with E-state index in [0.29, 0.717) is 22.3 Å². The summed E-state index contributed by atoms with van der Waals surface area (Å²) < 4.78 is 19.3. The molecular weight excluding hydrogens is 477 g/mol. The largest absolute Gasteiger partial charge is 0.489 e. The maximum absolute atomic E-state index is 13.2. The Kier molecular flexibility index (Phi) is 8.02. The summed E-state index contributed by atoms with van der Waals surface area (Å²) >= 11 is 6.10. The van der Waals surface area contributed by atoms with Crippen molar-refractivity contribution in [2.75, 3.05) is 19.6 Å². The lowest BCUT2D eigenvalue weighted by Crippen LogP contribution is -2.40. The number of nitrogens with one attached hydrogen (secondary N) is 1. The van der Waals surface area contributed by atoms with Crippen LogP contribution in [0.25, 0.3) is 10.9 Å². The molecule has 1 N–H and O–H groups in total. The van der Waals surface area contributed by atoms with Crippen LogP contribution in [0.2, 0.25) is 5.02 Å². The number of piperidine rings is 1. The average molecular weight is 510 g/mol. The van der Waals surface area contributed by atoms with Crippen molar-refractivity contribution >= 4 is 28.4 Å². The molecule has 7 heteroatoms. The number of pyridine rings is 1. The molecule has 1 saturated carbocycles. The van der Waals surface area contributed by atoms with E-state index in [-0.39, 0.29) is 23.9 Å². The topological polar surface area (TPSA) is 54.5 Å². The van der Waals surface area contributed by atoms with Crippen LogP contribution in [0.5, 0.6) is 5.75 Å². The summed E-state index contributed by atoms with van der Waals surface area (Å²) in [6.45, 7) is 3.12. The van der Waals surface area contributed by atoms with Gasteiger partial charge in [-0.05, 0) is 87.7 Å². The van der Waals surface area contributed by atoms with Gasteiger partial charge in [0.1, 0.15) is 17.7 Å². The van der Waals surface area contributed by atoms with Crippen molar-refractivity contribution in [3.8, 4) is 5.75 Å². The molecule has 0 unspecified atom stereocenters. The number of aromatic nitrogens is 1. The van der Waals surface area contributed by atoms with Crippen LogP contribution < -0.4 is 10.1 Å². The summed E-state index contributed by atoms with van der Waals surface area (Å²) in [6.07, 6.45) is 9.33. The van der Waals surface area contributed by atoms with Gasteiger partial charge >= 0.3 is 0 Å². The van der Waals surface area contributed by atoms with E-state index in [1.54, 1.807) is 12.3 Å². The first-order chi connectivity index (χ1) is 17.5. The van der Waals surface area contributed by atoms with Crippen molar-refractivity contribution in [3.05, 3.63) is 71.1 Å². The molecule has 2 aliphatic rings. The number of para-hydroxylation sites is 1. The van der Waals surface area contributed by atoms with E-state index in [4.69, 9.17) is 16.3 Å². The second-order valence-corrected chi connectivity index (χ2v) is 10.5. The number of ether oxygens (including phenoxy) is 1. The summed E-state index contributed by atoms with van der Waals surface area (Å²) in [5, 5.41) is 4.50. The third-order valence-electron chi connectivity index (χ3n) is 7.65. The number of benzene rings is 2. The lowest BCUT2D eigenvalue weighted by atomic mass is 9.83. The van der Waals surface area contributed by atoms with Crippen LogP contribution in [0, 0.1) is 11.7 Å². The second kappa shape index (κ2) is 11.6. The number of halogens is 2. The molecule has 1 amide bonds. The fourth-order valence-electron chi connectivity index (χ4n) is 5.52. The predicted molar refractivity (Wildman–Crippen MR) is 141 cm³/mol. The van der Waals surface area contributed by atoms with Gasteiger partial charge in [-0.1, -0.05) is 29.8 Å². The van der Waals surface area contributed by atoms with Crippen molar-refractivity contribution in [2.45, 2.75) is 57.1 Å². The molecule has 0 spiro atoms. The summed E-state index contributed by atoms with van der Waals surface area (Å²) in [6, 6.07) is 14.1. The first-order valence-electron chi connectivity index (χ1n) is 13.0. The van der Waals surface area contributed by atoms with Crippen LogP contribution in [-0.2, 0) is 0 Å². The number of amides is 1. The second-order valence-electron chi connectivity index (χ2n) is 10.1. The molecule has 0 atom stereocenters. The highest BCUT2D eigenvalue weighted by atomic mass is 35.5. The van der Waals surface area contributed by atoms with E-state index in [1.807, 2.05) is 30.3 Å². The molecule has 190 valence electrons. The molecule has 3 aromatic rings. The zero-order valence-electron chi connectivity index (χ0n) is 20.5. The number of carbonyl (C=O) groups is 1. The van der Waals surface area contributed by atoms with Gasteiger partial charge in [0, 0.05) is 30.7 Å². The minimum absolute atomic E-state index is 0.00376. The molecule has 1 saturated heterocycles. The minimum Gasteiger partial charge on any atom is -0.489 e. The van der Waals surface area contributed by atoms with Gasteiger partial charge < -0.3 is 15.0 Å². The van der Waals surface area contributed by atoms with E-state index in [1.165, 1.54) is 18.6 Å². The van der Waals surface area contributed by atoms with E-state index >= 15 is 0 Å².